The molecule has 0 aliphatic carbocycles. The van der Waals surface area contributed by atoms with Crippen molar-refractivity contribution in [1.29, 1.82) is 0 Å². The van der Waals surface area contributed by atoms with Crippen molar-refractivity contribution in [3.63, 3.8) is 0 Å². The molecule has 0 N–H and O–H groups in total. The van der Waals surface area contributed by atoms with Crippen LogP contribution in [0.5, 0.6) is 0 Å². The lowest BCUT2D eigenvalue weighted by Gasteiger charge is -2.24. The van der Waals surface area contributed by atoms with Gasteiger partial charge >= 0.3 is 11.9 Å². The zero-order valence-corrected chi connectivity index (χ0v) is 25.0. The molecule has 5 rings (SSSR count). The summed E-state index contributed by atoms with van der Waals surface area (Å²) in [6, 6.07) is 12.4. The van der Waals surface area contributed by atoms with E-state index in [1.807, 2.05) is 49.6 Å². The number of rotatable bonds is 6. The summed E-state index contributed by atoms with van der Waals surface area (Å²) in [5.41, 5.74) is 5.63. The minimum Gasteiger partial charge on any atom is -0.465 e. The minimum atomic E-state index is -0.820. The first-order valence-corrected chi connectivity index (χ1v) is 14.2. The van der Waals surface area contributed by atoms with E-state index in [2.05, 4.69) is 4.99 Å². The van der Waals surface area contributed by atoms with E-state index >= 15 is 0 Å². The van der Waals surface area contributed by atoms with Gasteiger partial charge < -0.3 is 14.0 Å². The first-order chi connectivity index (χ1) is 20.1. The van der Waals surface area contributed by atoms with Gasteiger partial charge in [0.2, 0.25) is 0 Å². The van der Waals surface area contributed by atoms with Gasteiger partial charge in [0.1, 0.15) is 5.82 Å². The van der Waals surface area contributed by atoms with Gasteiger partial charge in [-0.25, -0.2) is 19.0 Å². The van der Waals surface area contributed by atoms with Crippen molar-refractivity contribution in [2.24, 2.45) is 4.99 Å². The number of carbonyl (C=O) groups excluding carboxylic acids is 2. The molecule has 0 saturated carbocycles. The Morgan fingerprint density at radius 3 is 2.45 bits per heavy atom. The second-order valence-corrected chi connectivity index (χ2v) is 11.0. The molecule has 0 amide bonds. The van der Waals surface area contributed by atoms with Crippen molar-refractivity contribution in [2.45, 2.75) is 40.7 Å². The molecule has 0 spiro atoms. The van der Waals surface area contributed by atoms with Crippen molar-refractivity contribution >= 4 is 29.4 Å². The highest BCUT2D eigenvalue weighted by atomic mass is 32.1. The Morgan fingerprint density at radius 2 is 1.79 bits per heavy atom. The van der Waals surface area contributed by atoms with Gasteiger partial charge in [0.25, 0.3) is 5.56 Å². The lowest BCUT2D eigenvalue weighted by atomic mass is 9.96. The van der Waals surface area contributed by atoms with Crippen LogP contribution in [-0.2, 0) is 14.3 Å². The van der Waals surface area contributed by atoms with Crippen LogP contribution in [0.4, 0.5) is 4.39 Å². The summed E-state index contributed by atoms with van der Waals surface area (Å²) >= 11 is 1.22. The SMILES string of the molecule is CCOC(=O)C1=C(C)N=c2s/c(=C/c3cc(C)n(-c4cccc(C(=O)OC)c4C)c3C)c(=O)n2[C@H]1c1ccc(F)cc1. The van der Waals surface area contributed by atoms with Crippen LogP contribution in [0.1, 0.15) is 58.3 Å². The molecule has 0 fully saturated rings. The van der Waals surface area contributed by atoms with Crippen LogP contribution in [0.2, 0.25) is 0 Å². The summed E-state index contributed by atoms with van der Waals surface area (Å²) in [6.45, 7) is 9.35. The predicted molar refractivity (Wildman–Crippen MR) is 158 cm³/mol. The van der Waals surface area contributed by atoms with Crippen LogP contribution in [0, 0.1) is 26.6 Å². The predicted octanol–water partition coefficient (Wildman–Crippen LogP) is 4.44. The molecule has 0 bridgehead atoms. The fourth-order valence-electron chi connectivity index (χ4n) is 5.39. The van der Waals surface area contributed by atoms with Crippen LogP contribution in [0.3, 0.4) is 0 Å². The van der Waals surface area contributed by atoms with Gasteiger partial charge in [-0.3, -0.25) is 9.36 Å². The molecule has 216 valence electrons. The number of esters is 2. The molecule has 1 aliphatic heterocycles. The summed E-state index contributed by atoms with van der Waals surface area (Å²) in [7, 11) is 1.35. The molecular weight excluding hydrogens is 557 g/mol. The molecule has 4 aromatic rings. The van der Waals surface area contributed by atoms with Crippen LogP contribution in [-0.4, -0.2) is 34.8 Å². The van der Waals surface area contributed by atoms with Gasteiger partial charge in [0.05, 0.1) is 41.1 Å². The summed E-state index contributed by atoms with van der Waals surface area (Å²) in [5, 5.41) is 0. The third-order valence-corrected chi connectivity index (χ3v) is 8.39. The van der Waals surface area contributed by atoms with Gasteiger partial charge in [-0.1, -0.05) is 29.5 Å². The molecule has 42 heavy (non-hydrogen) atoms. The topological polar surface area (TPSA) is 91.9 Å². The third-order valence-electron chi connectivity index (χ3n) is 7.41. The van der Waals surface area contributed by atoms with E-state index in [1.165, 1.54) is 35.1 Å². The van der Waals surface area contributed by atoms with E-state index in [9.17, 15) is 18.8 Å². The number of halogens is 1. The maximum Gasteiger partial charge on any atom is 0.338 e. The second-order valence-electron chi connectivity index (χ2n) is 9.96. The number of ether oxygens (including phenoxy) is 2. The zero-order valence-electron chi connectivity index (χ0n) is 24.1. The van der Waals surface area contributed by atoms with Crippen molar-refractivity contribution in [3.05, 3.63) is 119 Å². The Labute approximate surface area is 245 Å². The van der Waals surface area contributed by atoms with Gasteiger partial charge in [0.15, 0.2) is 4.80 Å². The monoisotopic (exact) mass is 587 g/mol. The van der Waals surface area contributed by atoms with Crippen molar-refractivity contribution in [3.8, 4) is 5.69 Å². The Balaban J connectivity index is 1.68. The largest absolute Gasteiger partial charge is 0.465 e. The van der Waals surface area contributed by atoms with E-state index in [1.54, 1.807) is 32.0 Å². The van der Waals surface area contributed by atoms with Crippen molar-refractivity contribution in [1.82, 2.24) is 9.13 Å². The molecule has 0 unspecified atom stereocenters. The number of benzene rings is 2. The number of nitrogens with zero attached hydrogens (tertiary/aromatic N) is 3. The van der Waals surface area contributed by atoms with Crippen molar-refractivity contribution < 1.29 is 23.5 Å². The highest BCUT2D eigenvalue weighted by Gasteiger charge is 2.33. The molecule has 8 nitrogen and oxygen atoms in total. The number of carbonyl (C=O) groups is 2. The minimum absolute atomic E-state index is 0.161. The Bertz CT molecular complexity index is 1950. The first-order valence-electron chi connectivity index (χ1n) is 13.4. The summed E-state index contributed by atoms with van der Waals surface area (Å²) in [6.07, 6.45) is 1.81. The average Bonchev–Trinajstić information content (AvgIpc) is 3.41. The maximum absolute atomic E-state index is 14.0. The Hall–Kier alpha value is -4.57. The van der Waals surface area contributed by atoms with Crippen LogP contribution in [0.15, 0.2) is 69.6 Å². The highest BCUT2D eigenvalue weighted by Crippen LogP contribution is 2.31. The van der Waals surface area contributed by atoms with Gasteiger partial charge in [0, 0.05) is 17.1 Å². The standard InChI is InChI=1S/C32H30FN3O5S/c1-7-41-31(39)27-19(4)34-32-36(28(27)21-11-13-23(33)14-12-21)29(37)26(42-32)16-22-15-17(2)35(20(22)5)25-10-8-9-24(18(25)3)30(38)40-6/h8-16,28H,7H2,1-6H3/b26-16+/t28-/m0/s1. The van der Waals surface area contributed by atoms with Crippen LogP contribution in [0.25, 0.3) is 11.8 Å². The first kappa shape index (κ1) is 28.9. The summed E-state index contributed by atoms with van der Waals surface area (Å²) < 4.78 is 28.0. The summed E-state index contributed by atoms with van der Waals surface area (Å²) in [4.78, 5) is 44.3. The number of hydrogen-bond donors (Lipinski definition) is 0. The smallest absolute Gasteiger partial charge is 0.338 e. The quantitative estimate of drug-likeness (QED) is 0.311. The Morgan fingerprint density at radius 1 is 1.07 bits per heavy atom. The van der Waals surface area contributed by atoms with Crippen LogP contribution < -0.4 is 14.9 Å². The van der Waals surface area contributed by atoms with Gasteiger partial charge in [-0.05, 0) is 87.7 Å². The van der Waals surface area contributed by atoms with Crippen molar-refractivity contribution in [2.75, 3.05) is 13.7 Å². The number of allylic oxidation sites excluding steroid dienone is 1. The average molecular weight is 588 g/mol. The van der Waals surface area contributed by atoms with Gasteiger partial charge in [-0.2, -0.15) is 0 Å². The van der Waals surface area contributed by atoms with E-state index in [0.717, 1.165) is 28.2 Å². The Kier molecular flexibility index (Phi) is 7.83. The number of aromatic nitrogens is 2. The highest BCUT2D eigenvalue weighted by molar-refractivity contribution is 7.07. The lowest BCUT2D eigenvalue weighted by Crippen LogP contribution is -2.39. The fraction of sp³-hybridized carbons (Fsp3) is 0.250. The molecule has 2 aromatic carbocycles. The van der Waals surface area contributed by atoms with Crippen LogP contribution >= 0.6 is 11.3 Å². The van der Waals surface area contributed by atoms with E-state index in [0.29, 0.717) is 26.2 Å². The molecule has 1 atom stereocenters. The maximum atomic E-state index is 14.0. The molecule has 10 heteroatoms. The number of fused-ring (bicyclic) bond motifs is 1. The lowest BCUT2D eigenvalue weighted by molar-refractivity contribution is -0.139. The summed E-state index contributed by atoms with van der Waals surface area (Å²) in [5.74, 6) is -1.41. The number of methoxy groups -OCH3 is 1. The van der Waals surface area contributed by atoms with E-state index in [4.69, 9.17) is 9.47 Å². The molecule has 3 heterocycles. The molecule has 1 aliphatic rings. The number of hydrogen-bond acceptors (Lipinski definition) is 7. The molecule has 0 saturated heterocycles. The fourth-order valence-corrected chi connectivity index (χ4v) is 6.43. The second kappa shape index (κ2) is 11.4. The number of thiazole rings is 1. The molecule has 2 aromatic heterocycles. The molecular formula is C32H30FN3O5S. The van der Waals surface area contributed by atoms with E-state index < -0.39 is 23.8 Å². The molecule has 0 radical (unpaired) electrons. The normalized spacial score (nSPS) is 14.9. The number of aryl methyl sites for hydroxylation is 1. The van der Waals surface area contributed by atoms with Gasteiger partial charge in [-0.15, -0.1) is 0 Å². The zero-order chi connectivity index (χ0) is 30.3. The van der Waals surface area contributed by atoms with E-state index in [-0.39, 0.29) is 17.7 Å². The third kappa shape index (κ3) is 4.92.